The molecule has 130 valence electrons. The van der Waals surface area contributed by atoms with E-state index in [4.69, 9.17) is 16.7 Å². The zero-order chi connectivity index (χ0) is 18.7. The predicted molar refractivity (Wildman–Crippen MR) is 102 cm³/mol. The molecule has 0 fully saturated rings. The maximum Gasteiger partial charge on any atom is 0.149 e. The van der Waals surface area contributed by atoms with E-state index >= 15 is 0 Å². The molecule has 0 aliphatic rings. The average molecular weight is 411 g/mol. The molecule has 0 unspecified atom stereocenters. The van der Waals surface area contributed by atoms with Gasteiger partial charge in [0.25, 0.3) is 0 Å². The second kappa shape index (κ2) is 7.33. The number of azo groups is 1. The van der Waals surface area contributed by atoms with Crippen LogP contribution < -0.4 is 11.5 Å². The molecule has 0 bridgehead atoms. The van der Waals surface area contributed by atoms with Crippen molar-refractivity contribution in [3.05, 3.63) is 52.3 Å². The molecule has 0 saturated heterocycles. The van der Waals surface area contributed by atoms with Crippen molar-refractivity contribution in [3.63, 3.8) is 0 Å². The summed E-state index contributed by atoms with van der Waals surface area (Å²) in [4.78, 5) is 4.33. The zero-order valence-electron chi connectivity index (χ0n) is 13.9. The highest BCUT2D eigenvalue weighted by Gasteiger charge is 2.16. The largest absolute Gasteiger partial charge is 0.394 e. The van der Waals surface area contributed by atoms with Gasteiger partial charge in [-0.05, 0) is 34.1 Å². The quantitative estimate of drug-likeness (QED) is 0.634. The first-order valence-corrected chi connectivity index (χ1v) is 8.40. The number of pyridine rings is 1. The molecule has 0 saturated carbocycles. The maximum absolute atomic E-state index is 9.09. The fraction of sp³-hybridized carbons (Fsp3) is 0.118. The molecule has 0 atom stereocenters. The van der Waals surface area contributed by atoms with E-state index in [1.54, 1.807) is 22.9 Å². The molecular weight excluding hydrogens is 396 g/mol. The molecule has 26 heavy (non-hydrogen) atoms. The Morgan fingerprint density at radius 3 is 2.81 bits per heavy atom. The lowest BCUT2D eigenvalue weighted by Gasteiger charge is -2.11. The molecule has 3 aromatic rings. The Labute approximate surface area is 158 Å². The Bertz CT molecular complexity index is 1030. The molecule has 3 rings (SSSR count). The van der Waals surface area contributed by atoms with Gasteiger partial charge in [0.15, 0.2) is 0 Å². The second-order valence-electron chi connectivity index (χ2n) is 5.49. The first kappa shape index (κ1) is 17.6. The number of anilines is 2. The van der Waals surface area contributed by atoms with Crippen LogP contribution in [0.25, 0.3) is 11.3 Å². The van der Waals surface area contributed by atoms with E-state index < -0.39 is 0 Å². The van der Waals surface area contributed by atoms with Gasteiger partial charge >= 0.3 is 0 Å². The molecule has 8 nitrogen and oxygen atoms in total. The molecule has 4 N–H and O–H groups in total. The third-order valence-electron chi connectivity index (χ3n) is 3.62. The number of aryl methyl sites for hydroxylation is 1. The third kappa shape index (κ3) is 3.55. The smallest absolute Gasteiger partial charge is 0.149 e. The Balaban J connectivity index is 2.00. The number of hydrogen-bond acceptors (Lipinski definition) is 7. The molecule has 0 amide bonds. The van der Waals surface area contributed by atoms with Gasteiger partial charge in [0.2, 0.25) is 0 Å². The zero-order valence-corrected chi connectivity index (χ0v) is 15.5. The number of nitriles is 1. The van der Waals surface area contributed by atoms with Gasteiger partial charge in [-0.2, -0.15) is 20.6 Å². The van der Waals surface area contributed by atoms with E-state index in [0.717, 1.165) is 11.3 Å². The summed E-state index contributed by atoms with van der Waals surface area (Å²) >= 11 is 3.49. The summed E-state index contributed by atoms with van der Waals surface area (Å²) in [5, 5.41) is 21.7. The fourth-order valence-electron chi connectivity index (χ4n) is 2.33. The lowest BCUT2D eigenvalue weighted by Crippen LogP contribution is -2.01. The van der Waals surface area contributed by atoms with Crippen molar-refractivity contribution < 1.29 is 0 Å². The molecule has 0 aliphatic carbocycles. The molecule has 2 heterocycles. The summed E-state index contributed by atoms with van der Waals surface area (Å²) in [5.41, 5.74) is 15.2. The van der Waals surface area contributed by atoms with Gasteiger partial charge in [0.05, 0.1) is 27.5 Å². The van der Waals surface area contributed by atoms with Crippen LogP contribution in [-0.4, -0.2) is 14.8 Å². The van der Waals surface area contributed by atoms with Gasteiger partial charge in [0, 0.05) is 18.8 Å². The highest BCUT2D eigenvalue weighted by molar-refractivity contribution is 9.10. The minimum absolute atomic E-state index is 0.150. The lowest BCUT2D eigenvalue weighted by molar-refractivity contribution is 0.737. The first-order valence-electron chi connectivity index (χ1n) is 7.60. The Morgan fingerprint density at radius 1 is 1.31 bits per heavy atom. The van der Waals surface area contributed by atoms with Crippen molar-refractivity contribution in [1.29, 1.82) is 5.26 Å². The van der Waals surface area contributed by atoms with Gasteiger partial charge < -0.3 is 11.5 Å². The van der Waals surface area contributed by atoms with Crippen LogP contribution in [0.3, 0.4) is 0 Å². The van der Waals surface area contributed by atoms with Gasteiger partial charge in [-0.15, -0.1) is 0 Å². The Hall–Kier alpha value is -3.25. The average Bonchev–Trinajstić information content (AvgIpc) is 3.06. The molecule has 1 aromatic carbocycles. The standard InChI is InChI=1S/C17H15BrN8/c1-26-6-5-12(25-26)9-22-24-16-13(18)15(23-17(21)14(16)20)11-4-2-3-10(7-11)8-19/h2-7H,9,20H2,1H3,(H2,21,23). The van der Waals surface area contributed by atoms with Crippen molar-refractivity contribution in [2.24, 2.45) is 17.3 Å². The van der Waals surface area contributed by atoms with Crippen LogP contribution in [0.5, 0.6) is 0 Å². The minimum atomic E-state index is 0.150. The normalized spacial score (nSPS) is 11.0. The van der Waals surface area contributed by atoms with Gasteiger partial charge in [-0.1, -0.05) is 12.1 Å². The number of nitrogens with two attached hydrogens (primary N) is 2. The molecule has 0 spiro atoms. The van der Waals surface area contributed by atoms with Crippen LogP contribution in [0.4, 0.5) is 17.2 Å². The van der Waals surface area contributed by atoms with Gasteiger partial charge in [-0.25, -0.2) is 4.98 Å². The molecular formula is C17H15BrN8. The van der Waals surface area contributed by atoms with Crippen molar-refractivity contribution in [2.45, 2.75) is 6.54 Å². The minimum Gasteiger partial charge on any atom is -0.394 e. The predicted octanol–water partition coefficient (Wildman–Crippen LogP) is 3.56. The van der Waals surface area contributed by atoms with Crippen molar-refractivity contribution in [2.75, 3.05) is 11.5 Å². The van der Waals surface area contributed by atoms with E-state index in [1.807, 2.05) is 25.4 Å². The number of halogens is 1. The van der Waals surface area contributed by atoms with E-state index in [1.165, 1.54) is 0 Å². The summed E-state index contributed by atoms with van der Waals surface area (Å²) in [5.74, 6) is 0.150. The molecule has 9 heteroatoms. The number of hydrogen-bond donors (Lipinski definition) is 2. The number of aromatic nitrogens is 3. The maximum atomic E-state index is 9.09. The van der Waals surface area contributed by atoms with Crippen LogP contribution >= 0.6 is 15.9 Å². The summed E-state index contributed by atoms with van der Waals surface area (Å²) in [6, 6.07) is 11.0. The highest BCUT2D eigenvalue weighted by atomic mass is 79.9. The third-order valence-corrected chi connectivity index (χ3v) is 4.37. The lowest BCUT2D eigenvalue weighted by atomic mass is 10.1. The highest BCUT2D eigenvalue weighted by Crippen LogP contribution is 2.41. The number of nitrogens with zero attached hydrogens (tertiary/aromatic N) is 6. The second-order valence-corrected chi connectivity index (χ2v) is 6.29. The van der Waals surface area contributed by atoms with Crippen LogP contribution in [-0.2, 0) is 13.6 Å². The van der Waals surface area contributed by atoms with Gasteiger partial charge in [-0.3, -0.25) is 4.68 Å². The number of rotatable bonds is 4. The summed E-state index contributed by atoms with van der Waals surface area (Å²) < 4.78 is 2.25. The molecule has 0 radical (unpaired) electrons. The first-order chi connectivity index (χ1) is 12.5. The SMILES string of the molecule is Cn1ccc(CN=Nc2c(N)c(N)nc(-c3cccc(C#N)c3)c2Br)n1. The summed E-state index contributed by atoms with van der Waals surface area (Å²) in [6.07, 6.45) is 1.83. The van der Waals surface area contributed by atoms with Gasteiger partial charge in [0.1, 0.15) is 23.7 Å². The van der Waals surface area contributed by atoms with Crippen molar-refractivity contribution >= 4 is 33.1 Å². The summed E-state index contributed by atoms with van der Waals surface area (Å²) in [7, 11) is 1.83. The van der Waals surface area contributed by atoms with E-state index in [0.29, 0.717) is 28.0 Å². The number of benzene rings is 1. The Kier molecular flexibility index (Phi) is 4.95. The van der Waals surface area contributed by atoms with E-state index in [9.17, 15) is 0 Å². The summed E-state index contributed by atoms with van der Waals surface area (Å²) in [6.45, 7) is 0.314. The number of nitrogen functional groups attached to an aromatic ring is 2. The Morgan fingerprint density at radius 2 is 2.12 bits per heavy atom. The molecule has 0 aliphatic heterocycles. The van der Waals surface area contributed by atoms with Crippen LogP contribution in [0.15, 0.2) is 51.2 Å². The monoisotopic (exact) mass is 410 g/mol. The van der Waals surface area contributed by atoms with Crippen molar-refractivity contribution in [3.8, 4) is 17.3 Å². The van der Waals surface area contributed by atoms with Crippen molar-refractivity contribution in [1.82, 2.24) is 14.8 Å². The molecule has 2 aromatic heterocycles. The van der Waals surface area contributed by atoms with Crippen LogP contribution in [0, 0.1) is 11.3 Å². The topological polar surface area (TPSA) is 131 Å². The fourth-order valence-corrected chi connectivity index (χ4v) is 2.94. The van der Waals surface area contributed by atoms with E-state index in [-0.39, 0.29) is 11.5 Å². The van der Waals surface area contributed by atoms with Crippen LogP contribution in [0.1, 0.15) is 11.3 Å². The van der Waals surface area contributed by atoms with Crippen LogP contribution in [0.2, 0.25) is 0 Å². The van der Waals surface area contributed by atoms with E-state index in [2.05, 4.69) is 42.3 Å².